The summed E-state index contributed by atoms with van der Waals surface area (Å²) < 4.78 is 5.13. The number of carboxylic acids is 1. The molecule has 2 atom stereocenters. The summed E-state index contributed by atoms with van der Waals surface area (Å²) in [6, 6.07) is 5.25. The number of nitrogens with one attached hydrogen (secondary N) is 1. The van der Waals surface area contributed by atoms with Gasteiger partial charge < -0.3 is 14.8 Å². The molecule has 0 fully saturated rings. The van der Waals surface area contributed by atoms with Crippen molar-refractivity contribution in [3.63, 3.8) is 0 Å². The van der Waals surface area contributed by atoms with Crippen LogP contribution in [0.4, 0.5) is 0 Å². The van der Waals surface area contributed by atoms with E-state index in [4.69, 9.17) is 4.74 Å². The Morgan fingerprint density at radius 3 is 2.91 bits per heavy atom. The molecule has 1 aliphatic rings. The third-order valence-corrected chi connectivity index (χ3v) is 5.22. The Labute approximate surface area is 135 Å². The quantitative estimate of drug-likeness (QED) is 0.644. The van der Waals surface area contributed by atoms with E-state index in [-0.39, 0.29) is 22.3 Å². The average Bonchev–Trinajstić information content (AvgIpc) is 2.87. The van der Waals surface area contributed by atoms with Crippen molar-refractivity contribution >= 4 is 38.8 Å². The molecular weight excluding hydrogens is 350 g/mol. The number of halogens is 1. The van der Waals surface area contributed by atoms with E-state index in [0.717, 1.165) is 23.1 Å². The van der Waals surface area contributed by atoms with Crippen LogP contribution in [0.15, 0.2) is 18.2 Å². The first-order valence-electron chi connectivity index (χ1n) is 7.22. The fourth-order valence-electron chi connectivity index (χ4n) is 3.11. The number of aromatic carboxylic acids is 1. The predicted molar refractivity (Wildman–Crippen MR) is 85.4 cm³/mol. The second-order valence-corrected chi connectivity index (χ2v) is 6.34. The molecule has 1 heterocycles. The third kappa shape index (κ3) is 2.31. The Balaban J connectivity index is 2.08. The summed E-state index contributed by atoms with van der Waals surface area (Å²) >= 11 is 3.58. The summed E-state index contributed by atoms with van der Waals surface area (Å²) in [4.78, 5) is 26.4. The summed E-state index contributed by atoms with van der Waals surface area (Å²) in [6.07, 6.45) is 1.41. The van der Waals surface area contributed by atoms with Gasteiger partial charge in [0.05, 0.1) is 28.4 Å². The van der Waals surface area contributed by atoms with Gasteiger partial charge in [-0.15, -0.1) is 0 Å². The van der Waals surface area contributed by atoms with E-state index >= 15 is 0 Å². The van der Waals surface area contributed by atoms with Crippen molar-refractivity contribution in [2.24, 2.45) is 5.92 Å². The SMILES string of the molecule is CCOC(=O)C1CCc2c([nH]c3c(C(=O)O)cccc23)C1Br. The molecule has 2 aromatic rings. The highest BCUT2D eigenvalue weighted by Crippen LogP contribution is 2.43. The molecule has 0 radical (unpaired) electrons. The monoisotopic (exact) mass is 365 g/mol. The maximum atomic E-state index is 12.0. The Bertz CT molecular complexity index is 752. The number of para-hydroxylation sites is 1. The van der Waals surface area contributed by atoms with Gasteiger partial charge in [0.25, 0.3) is 0 Å². The van der Waals surface area contributed by atoms with Crippen molar-refractivity contribution in [3.05, 3.63) is 35.0 Å². The lowest BCUT2D eigenvalue weighted by atomic mass is 9.86. The number of aryl methyl sites for hydroxylation is 1. The molecule has 3 rings (SSSR count). The summed E-state index contributed by atoms with van der Waals surface area (Å²) in [5.74, 6) is -1.43. The largest absolute Gasteiger partial charge is 0.478 e. The number of aromatic amines is 1. The van der Waals surface area contributed by atoms with Crippen molar-refractivity contribution in [2.75, 3.05) is 6.61 Å². The van der Waals surface area contributed by atoms with Crippen LogP contribution < -0.4 is 0 Å². The first-order valence-corrected chi connectivity index (χ1v) is 8.13. The van der Waals surface area contributed by atoms with Crippen LogP contribution in [0.5, 0.6) is 0 Å². The minimum Gasteiger partial charge on any atom is -0.478 e. The number of hydrogen-bond acceptors (Lipinski definition) is 3. The maximum Gasteiger partial charge on any atom is 0.337 e. The normalized spacial score (nSPS) is 20.6. The molecule has 1 aliphatic carbocycles. The van der Waals surface area contributed by atoms with Gasteiger partial charge in [-0.3, -0.25) is 4.79 Å². The van der Waals surface area contributed by atoms with Crippen LogP contribution in [0.3, 0.4) is 0 Å². The number of benzene rings is 1. The van der Waals surface area contributed by atoms with Crippen LogP contribution in [0.25, 0.3) is 10.9 Å². The van der Waals surface area contributed by atoms with Gasteiger partial charge in [0.15, 0.2) is 0 Å². The molecule has 0 saturated heterocycles. The minimum absolute atomic E-state index is 0.190. The summed E-state index contributed by atoms with van der Waals surface area (Å²) in [5.41, 5.74) is 2.83. The Hall–Kier alpha value is -1.82. The molecule has 5 nitrogen and oxygen atoms in total. The van der Waals surface area contributed by atoms with E-state index in [1.54, 1.807) is 19.1 Å². The van der Waals surface area contributed by atoms with Crippen molar-refractivity contribution in [2.45, 2.75) is 24.6 Å². The number of carboxylic acid groups (broad SMARTS) is 1. The molecule has 2 unspecified atom stereocenters. The highest BCUT2D eigenvalue weighted by Gasteiger charge is 2.36. The molecule has 1 aromatic heterocycles. The highest BCUT2D eigenvalue weighted by molar-refractivity contribution is 9.09. The fraction of sp³-hybridized carbons (Fsp3) is 0.375. The Kier molecular flexibility index (Phi) is 3.95. The lowest BCUT2D eigenvalue weighted by Crippen LogP contribution is -2.26. The van der Waals surface area contributed by atoms with Gasteiger partial charge in [0, 0.05) is 11.1 Å². The van der Waals surface area contributed by atoms with E-state index < -0.39 is 5.97 Å². The number of ether oxygens (including phenoxy) is 1. The number of alkyl halides is 1. The van der Waals surface area contributed by atoms with Crippen LogP contribution in [0.2, 0.25) is 0 Å². The van der Waals surface area contributed by atoms with Crippen molar-refractivity contribution in [3.8, 4) is 0 Å². The van der Waals surface area contributed by atoms with Crippen LogP contribution in [-0.2, 0) is 16.0 Å². The number of H-pyrrole nitrogens is 1. The molecule has 2 N–H and O–H groups in total. The Morgan fingerprint density at radius 1 is 1.45 bits per heavy atom. The minimum atomic E-state index is -0.961. The molecule has 0 spiro atoms. The molecule has 0 aliphatic heterocycles. The number of fused-ring (bicyclic) bond motifs is 3. The molecule has 6 heteroatoms. The zero-order valence-corrected chi connectivity index (χ0v) is 13.6. The van der Waals surface area contributed by atoms with Crippen LogP contribution >= 0.6 is 15.9 Å². The van der Waals surface area contributed by atoms with Gasteiger partial charge in [-0.1, -0.05) is 28.1 Å². The molecular formula is C16H16BrNO4. The summed E-state index contributed by atoms with van der Waals surface area (Å²) in [6.45, 7) is 2.15. The molecule has 0 amide bonds. The average molecular weight is 366 g/mol. The third-order valence-electron chi connectivity index (χ3n) is 4.13. The first kappa shape index (κ1) is 15.1. The topological polar surface area (TPSA) is 79.4 Å². The molecule has 116 valence electrons. The van der Waals surface area contributed by atoms with Crippen LogP contribution in [-0.4, -0.2) is 28.6 Å². The number of aromatic nitrogens is 1. The van der Waals surface area contributed by atoms with E-state index in [2.05, 4.69) is 20.9 Å². The van der Waals surface area contributed by atoms with Crippen LogP contribution in [0, 0.1) is 5.92 Å². The van der Waals surface area contributed by atoms with Crippen molar-refractivity contribution in [1.82, 2.24) is 4.98 Å². The standard InChI is InChI=1S/C16H16BrNO4/c1-2-22-16(21)10-7-6-9-8-4-3-5-11(15(19)20)13(8)18-14(9)12(10)17/h3-5,10,12,18H,2,6-7H2,1H3,(H,19,20). The molecule has 1 aromatic carbocycles. The van der Waals surface area contributed by atoms with Gasteiger partial charge >= 0.3 is 11.9 Å². The van der Waals surface area contributed by atoms with Crippen molar-refractivity contribution < 1.29 is 19.4 Å². The predicted octanol–water partition coefficient (Wildman–Crippen LogP) is 3.43. The number of carbonyl (C=O) groups is 2. The van der Waals surface area contributed by atoms with Gasteiger partial charge in [-0.05, 0) is 31.4 Å². The lowest BCUT2D eigenvalue weighted by molar-refractivity contribution is -0.148. The van der Waals surface area contributed by atoms with E-state index in [0.29, 0.717) is 18.5 Å². The Morgan fingerprint density at radius 2 is 2.23 bits per heavy atom. The van der Waals surface area contributed by atoms with E-state index in [1.165, 1.54) is 0 Å². The molecule has 0 bridgehead atoms. The number of esters is 1. The zero-order valence-electron chi connectivity index (χ0n) is 12.1. The molecule has 0 saturated carbocycles. The molecule has 22 heavy (non-hydrogen) atoms. The van der Waals surface area contributed by atoms with Gasteiger partial charge in [0.2, 0.25) is 0 Å². The maximum absolute atomic E-state index is 12.0. The van der Waals surface area contributed by atoms with Gasteiger partial charge in [0.1, 0.15) is 0 Å². The van der Waals surface area contributed by atoms with E-state index in [1.807, 2.05) is 6.07 Å². The fourth-order valence-corrected chi connectivity index (χ4v) is 3.98. The first-order chi connectivity index (χ1) is 10.5. The lowest BCUT2D eigenvalue weighted by Gasteiger charge is -2.26. The van der Waals surface area contributed by atoms with Crippen molar-refractivity contribution in [1.29, 1.82) is 0 Å². The second-order valence-electron chi connectivity index (χ2n) is 5.35. The van der Waals surface area contributed by atoms with Gasteiger partial charge in [-0.25, -0.2) is 4.79 Å². The van der Waals surface area contributed by atoms with Crippen LogP contribution in [0.1, 0.15) is 39.8 Å². The second kappa shape index (κ2) is 5.76. The number of hydrogen-bond donors (Lipinski definition) is 2. The van der Waals surface area contributed by atoms with Gasteiger partial charge in [-0.2, -0.15) is 0 Å². The summed E-state index contributed by atoms with van der Waals surface area (Å²) in [5, 5.41) is 10.2. The summed E-state index contributed by atoms with van der Waals surface area (Å²) in [7, 11) is 0. The van der Waals surface area contributed by atoms with E-state index in [9.17, 15) is 14.7 Å². The smallest absolute Gasteiger partial charge is 0.337 e. The number of rotatable bonds is 3. The zero-order chi connectivity index (χ0) is 15.9. The number of carbonyl (C=O) groups excluding carboxylic acids is 1. The highest BCUT2D eigenvalue weighted by atomic mass is 79.9.